The van der Waals surface area contributed by atoms with Gasteiger partial charge in [0.05, 0.1) is 0 Å². The fraction of sp³-hybridized carbons (Fsp3) is 0.356. The zero-order valence-electron chi connectivity index (χ0n) is 32.8. The van der Waals surface area contributed by atoms with Crippen molar-refractivity contribution in [2.75, 3.05) is 0 Å². The Balaban J connectivity index is 1.90. The summed E-state index contributed by atoms with van der Waals surface area (Å²) in [6, 6.07) is 9.42. The van der Waals surface area contributed by atoms with E-state index in [-0.39, 0.29) is 32.6 Å². The predicted octanol–water partition coefficient (Wildman–Crippen LogP) is 14.8. The monoisotopic (exact) mass is 898 g/mol. The average Bonchev–Trinajstić information content (AvgIpc) is 3.70. The van der Waals surface area contributed by atoms with E-state index in [2.05, 4.69) is 0 Å². The SMILES string of the molecule is Cc1cc2c(cc1C(C)(C)C)-c1cc(C(C)(C)C)c(C)cc1[CH]2[Zr]([C]1=CC=CC1)=[C](c1cc(C(F)(F)F)cc(C(F)(F)F)c1)c1cc(C(F)(F)F)cc(C(F)(F)F)c1. The van der Waals surface area contributed by atoms with E-state index in [1.165, 1.54) is 0 Å². The first kappa shape index (κ1) is 43.8. The second kappa shape index (κ2) is 14.5. The van der Waals surface area contributed by atoms with E-state index in [1.54, 1.807) is 18.2 Å². The minimum absolute atomic E-state index is 0.0945. The third-order valence-corrected chi connectivity index (χ3v) is 19.1. The third-order valence-electron chi connectivity index (χ3n) is 10.7. The van der Waals surface area contributed by atoms with Gasteiger partial charge in [0.2, 0.25) is 0 Å². The Morgan fingerprint density at radius 3 is 1.12 bits per heavy atom. The van der Waals surface area contributed by atoms with Crippen molar-refractivity contribution >= 4 is 3.21 Å². The van der Waals surface area contributed by atoms with Crippen molar-refractivity contribution in [2.45, 2.75) is 101 Å². The van der Waals surface area contributed by atoms with Crippen LogP contribution in [0.15, 0.2) is 82.2 Å². The second-order valence-electron chi connectivity index (χ2n) is 17.1. The van der Waals surface area contributed by atoms with Crippen LogP contribution in [0.2, 0.25) is 0 Å². The summed E-state index contributed by atoms with van der Waals surface area (Å²) in [7, 11) is 0. The number of fused-ring (bicyclic) bond motifs is 3. The Morgan fingerprint density at radius 1 is 0.500 bits per heavy atom. The van der Waals surface area contributed by atoms with Crippen LogP contribution < -0.4 is 0 Å². The quantitative estimate of drug-likeness (QED) is 0.179. The zero-order chi connectivity index (χ0) is 43.3. The molecule has 2 aliphatic carbocycles. The van der Waals surface area contributed by atoms with Crippen LogP contribution in [-0.4, -0.2) is 3.21 Å². The van der Waals surface area contributed by atoms with Gasteiger partial charge in [0.1, 0.15) is 0 Å². The van der Waals surface area contributed by atoms with E-state index in [4.69, 9.17) is 0 Å². The molecule has 0 aromatic heterocycles. The first-order chi connectivity index (χ1) is 26.4. The van der Waals surface area contributed by atoms with E-state index in [0.717, 1.165) is 33.4 Å². The number of hydrogen-bond donors (Lipinski definition) is 0. The molecule has 0 unspecified atom stereocenters. The van der Waals surface area contributed by atoms with E-state index < -0.39 is 83.0 Å². The van der Waals surface area contributed by atoms with Crippen molar-refractivity contribution in [3.63, 3.8) is 0 Å². The van der Waals surface area contributed by atoms with Crippen LogP contribution in [0.3, 0.4) is 0 Å². The van der Waals surface area contributed by atoms with Crippen LogP contribution >= 0.6 is 0 Å². The fourth-order valence-electron chi connectivity index (χ4n) is 8.31. The molecule has 308 valence electrons. The molecular formula is C45H40F12Zr. The molecule has 4 aromatic carbocycles. The van der Waals surface area contributed by atoms with Gasteiger partial charge in [-0.3, -0.25) is 0 Å². The molecule has 2 aliphatic rings. The van der Waals surface area contributed by atoms with Gasteiger partial charge in [0.25, 0.3) is 0 Å². The van der Waals surface area contributed by atoms with Crippen molar-refractivity contribution in [3.8, 4) is 11.1 Å². The van der Waals surface area contributed by atoms with Gasteiger partial charge in [0.15, 0.2) is 0 Å². The van der Waals surface area contributed by atoms with Gasteiger partial charge in [-0.05, 0) is 0 Å². The Bertz CT molecular complexity index is 2190. The van der Waals surface area contributed by atoms with E-state index in [1.807, 2.05) is 79.7 Å². The number of benzene rings is 4. The van der Waals surface area contributed by atoms with Gasteiger partial charge >= 0.3 is 338 Å². The molecule has 0 heterocycles. The van der Waals surface area contributed by atoms with Crippen molar-refractivity contribution in [2.24, 2.45) is 0 Å². The zero-order valence-corrected chi connectivity index (χ0v) is 35.3. The van der Waals surface area contributed by atoms with Gasteiger partial charge in [-0.2, -0.15) is 0 Å². The van der Waals surface area contributed by atoms with Gasteiger partial charge < -0.3 is 0 Å². The van der Waals surface area contributed by atoms with Gasteiger partial charge in [-0.15, -0.1) is 0 Å². The Morgan fingerprint density at radius 2 is 0.845 bits per heavy atom. The molecule has 0 amide bonds. The topological polar surface area (TPSA) is 0 Å². The summed E-state index contributed by atoms with van der Waals surface area (Å²) in [4.78, 5) is 0. The summed E-state index contributed by atoms with van der Waals surface area (Å²) in [5.41, 5.74) is -2.67. The van der Waals surface area contributed by atoms with Gasteiger partial charge in [-0.1, -0.05) is 0 Å². The summed E-state index contributed by atoms with van der Waals surface area (Å²) in [5.74, 6) is 0. The summed E-state index contributed by atoms with van der Waals surface area (Å²) in [5, 5.41) is 0. The molecule has 0 radical (unpaired) electrons. The van der Waals surface area contributed by atoms with Crippen LogP contribution in [0.5, 0.6) is 0 Å². The molecule has 0 fully saturated rings. The molecule has 0 aliphatic heterocycles. The maximum atomic E-state index is 14.5. The van der Waals surface area contributed by atoms with Gasteiger partial charge in [-0.25, -0.2) is 0 Å². The maximum absolute atomic E-state index is 14.5. The molecule has 0 saturated heterocycles. The number of halogens is 12. The normalized spacial score (nSPS) is 15.1. The van der Waals surface area contributed by atoms with E-state index >= 15 is 0 Å². The van der Waals surface area contributed by atoms with Crippen molar-refractivity contribution in [1.82, 2.24) is 0 Å². The molecular weight excluding hydrogens is 860 g/mol. The molecule has 0 N–H and O–H groups in total. The van der Waals surface area contributed by atoms with Crippen LogP contribution in [-0.2, 0) is 56.8 Å². The standard InChI is InChI=1S/C23H29.C17H6F12.C5H5.Zr/c1-14-9-16-11-17-10-15(2)21(23(6,7)8)13-19(17)18(16)12-20(14)22(3,4)5;18-14(19,20)10-2-8(3-11(6-10)15(21,22)23)1-9-4-12(16(24,25)26)7-13(5-9)17(27,28)29;1-2-4-5-3-1;/h9-13H,1-8H3;2-7H;1-3H,4H2;. The first-order valence-electron chi connectivity index (χ1n) is 18.4. The molecule has 0 spiro atoms. The molecule has 13 heteroatoms. The van der Waals surface area contributed by atoms with E-state index in [9.17, 15) is 52.7 Å². The summed E-state index contributed by atoms with van der Waals surface area (Å²) < 4.78 is 174. The van der Waals surface area contributed by atoms with E-state index in [0.29, 0.717) is 38.7 Å². The number of alkyl halides is 12. The Kier molecular flexibility index (Phi) is 10.9. The Labute approximate surface area is 336 Å². The second-order valence-corrected chi connectivity index (χ2v) is 23.4. The summed E-state index contributed by atoms with van der Waals surface area (Å²) >= 11 is -4.52. The fourth-order valence-corrected chi connectivity index (χ4v) is 17.2. The number of hydrogen-bond acceptors (Lipinski definition) is 0. The van der Waals surface area contributed by atoms with Crippen LogP contribution in [0.1, 0.15) is 118 Å². The number of allylic oxidation sites excluding steroid dienone is 4. The van der Waals surface area contributed by atoms with Gasteiger partial charge in [0, 0.05) is 0 Å². The molecule has 4 aromatic rings. The average molecular weight is 900 g/mol. The van der Waals surface area contributed by atoms with Crippen molar-refractivity contribution in [3.05, 3.63) is 149 Å². The third kappa shape index (κ3) is 8.48. The Hall–Kier alpha value is -3.73. The predicted molar refractivity (Wildman–Crippen MR) is 199 cm³/mol. The van der Waals surface area contributed by atoms with Crippen molar-refractivity contribution in [1.29, 1.82) is 0 Å². The van der Waals surface area contributed by atoms with Crippen LogP contribution in [0.25, 0.3) is 11.1 Å². The summed E-state index contributed by atoms with van der Waals surface area (Å²) in [6.07, 6.45) is -16.2. The molecule has 0 saturated carbocycles. The first-order valence-corrected chi connectivity index (χ1v) is 22.3. The minimum atomic E-state index is -5.35. The molecule has 58 heavy (non-hydrogen) atoms. The van der Waals surface area contributed by atoms with Crippen LogP contribution in [0.4, 0.5) is 52.7 Å². The van der Waals surface area contributed by atoms with Crippen LogP contribution in [0, 0.1) is 13.8 Å². The van der Waals surface area contributed by atoms with Crippen molar-refractivity contribution < 1.29 is 74.0 Å². The summed E-state index contributed by atoms with van der Waals surface area (Å²) in [6.45, 7) is 15.9. The molecule has 0 nitrogen and oxygen atoms in total. The molecule has 0 bridgehead atoms. The number of aryl methyl sites for hydroxylation is 2. The molecule has 0 atom stereocenters. The molecule has 6 rings (SSSR count). The number of rotatable bonds is 4.